The van der Waals surface area contributed by atoms with E-state index in [1.807, 2.05) is 12.1 Å². The molecule has 1 aromatic heterocycles. The summed E-state index contributed by atoms with van der Waals surface area (Å²) in [5.41, 5.74) is 7.22. The third-order valence-electron chi connectivity index (χ3n) is 7.34. The van der Waals surface area contributed by atoms with Gasteiger partial charge in [0, 0.05) is 67.7 Å². The molecule has 1 atom stereocenters. The van der Waals surface area contributed by atoms with Crippen molar-refractivity contribution in [1.82, 2.24) is 4.57 Å². The molecule has 172 valence electrons. The molecule has 1 aliphatic heterocycles. The lowest BCUT2D eigenvalue weighted by Crippen LogP contribution is -2.33. The number of hydrogen-bond acceptors (Lipinski definition) is 2. The van der Waals surface area contributed by atoms with Crippen LogP contribution < -0.4 is 5.32 Å². The minimum absolute atomic E-state index is 0.0862. The van der Waals surface area contributed by atoms with Crippen LogP contribution in [-0.4, -0.2) is 10.4 Å². The molecule has 0 saturated heterocycles. The first kappa shape index (κ1) is 21.8. The first-order valence-electron chi connectivity index (χ1n) is 11.8. The van der Waals surface area contributed by atoms with Crippen molar-refractivity contribution in [2.24, 2.45) is 5.41 Å². The molecular weight excluding hydrogens is 463 g/mol. The Morgan fingerprint density at radius 2 is 1.76 bits per heavy atom. The van der Waals surface area contributed by atoms with Crippen molar-refractivity contribution in [2.45, 2.75) is 46.1 Å². The number of para-hydroxylation sites is 1. The lowest BCUT2D eigenvalue weighted by atomic mass is 9.68. The molecule has 3 nitrogen and oxygen atoms in total. The van der Waals surface area contributed by atoms with Crippen molar-refractivity contribution in [1.29, 1.82) is 0 Å². The number of hydrogen-bond donors (Lipinski definition) is 1. The number of carbonyl (C=O) groups excluding carboxylic acids is 1. The van der Waals surface area contributed by atoms with Gasteiger partial charge in [0.1, 0.15) is 0 Å². The van der Waals surface area contributed by atoms with Gasteiger partial charge in [-0.25, -0.2) is 0 Å². The zero-order valence-electron chi connectivity index (χ0n) is 19.5. The Morgan fingerprint density at radius 1 is 0.971 bits per heavy atom. The Morgan fingerprint density at radius 3 is 2.53 bits per heavy atom. The number of halogens is 2. The Bertz CT molecular complexity index is 1540. The molecule has 0 radical (unpaired) electrons. The third kappa shape index (κ3) is 3.21. The summed E-state index contributed by atoms with van der Waals surface area (Å²) in [6.45, 7) is 7.36. The number of fused-ring (bicyclic) bond motifs is 4. The number of aryl methyl sites for hydroxylation is 1. The fourth-order valence-electron chi connectivity index (χ4n) is 5.96. The summed E-state index contributed by atoms with van der Waals surface area (Å²) in [5, 5.41) is 7.32. The maximum Gasteiger partial charge on any atom is 0.162 e. The molecule has 1 aliphatic carbocycles. The highest BCUT2D eigenvalue weighted by molar-refractivity contribution is 6.35. The van der Waals surface area contributed by atoms with Gasteiger partial charge < -0.3 is 9.88 Å². The predicted octanol–water partition coefficient (Wildman–Crippen LogP) is 8.32. The maximum absolute atomic E-state index is 13.6. The molecule has 5 heteroatoms. The number of anilines is 1. The summed E-state index contributed by atoms with van der Waals surface area (Å²) in [6, 6.07) is 18.7. The first-order chi connectivity index (χ1) is 16.3. The average Bonchev–Trinajstić information content (AvgIpc) is 3.08. The highest BCUT2D eigenvalue weighted by Gasteiger charge is 2.41. The second-order valence-electron chi connectivity index (χ2n) is 10.3. The Balaban J connectivity index is 1.68. The van der Waals surface area contributed by atoms with E-state index < -0.39 is 0 Å². The highest BCUT2D eigenvalue weighted by atomic mass is 35.5. The van der Waals surface area contributed by atoms with Gasteiger partial charge >= 0.3 is 0 Å². The quantitative estimate of drug-likeness (QED) is 0.307. The summed E-state index contributed by atoms with van der Waals surface area (Å²) < 4.78 is 2.35. The summed E-state index contributed by atoms with van der Waals surface area (Å²) in [7, 11) is 0. The Kier molecular flexibility index (Phi) is 4.88. The van der Waals surface area contributed by atoms with Crippen LogP contribution in [0.15, 0.2) is 65.9 Å². The maximum atomic E-state index is 13.6. The van der Waals surface area contributed by atoms with E-state index in [0.29, 0.717) is 16.5 Å². The molecule has 0 bridgehead atoms. The number of Topliss-reactive ketones (excluding diaryl/α,β-unsaturated/α-hetero) is 1. The van der Waals surface area contributed by atoms with Gasteiger partial charge in [0.25, 0.3) is 0 Å². The van der Waals surface area contributed by atoms with E-state index in [9.17, 15) is 4.79 Å². The lowest BCUT2D eigenvalue weighted by molar-refractivity contribution is -0.118. The zero-order valence-corrected chi connectivity index (χ0v) is 21.0. The number of carbonyl (C=O) groups is 1. The largest absolute Gasteiger partial charge is 0.358 e. The van der Waals surface area contributed by atoms with E-state index in [-0.39, 0.29) is 17.1 Å². The standard InChI is InChI=1S/C29H26Cl2N2O/c1-4-33-24-8-6-5-7-17(24)19-12-22-20(13-25(19)33)27(18-10-9-16(30)11-21(18)31)28-23(32-22)14-29(2,3)15-26(28)34/h5-13,27,32H,4,14-15H2,1-3H3. The third-order valence-corrected chi connectivity index (χ3v) is 7.90. The van der Waals surface area contributed by atoms with Crippen molar-refractivity contribution >= 4 is 56.5 Å². The molecule has 34 heavy (non-hydrogen) atoms. The number of nitrogens with one attached hydrogen (secondary N) is 1. The normalized spacial score (nSPS) is 19.3. The molecule has 4 aromatic rings. The predicted molar refractivity (Wildman–Crippen MR) is 142 cm³/mol. The van der Waals surface area contributed by atoms with Crippen LogP contribution in [0.25, 0.3) is 21.8 Å². The summed E-state index contributed by atoms with van der Waals surface area (Å²) in [4.78, 5) is 13.6. The average molecular weight is 489 g/mol. The number of aromatic nitrogens is 1. The molecule has 3 aromatic carbocycles. The molecule has 0 saturated carbocycles. The molecule has 2 heterocycles. The first-order valence-corrected chi connectivity index (χ1v) is 12.6. The van der Waals surface area contributed by atoms with Crippen molar-refractivity contribution in [3.8, 4) is 0 Å². The van der Waals surface area contributed by atoms with Gasteiger partial charge in [0.2, 0.25) is 0 Å². The second-order valence-corrected chi connectivity index (χ2v) is 11.1. The number of nitrogens with zero attached hydrogens (tertiary/aromatic N) is 1. The van der Waals surface area contributed by atoms with Crippen LogP contribution in [-0.2, 0) is 11.3 Å². The number of allylic oxidation sites excluding steroid dienone is 2. The topological polar surface area (TPSA) is 34.0 Å². The van der Waals surface area contributed by atoms with Gasteiger partial charge in [-0.2, -0.15) is 0 Å². The SMILES string of the molecule is CCn1c2ccccc2c2cc3c(cc21)C(c1ccc(Cl)cc1Cl)C1=C(CC(C)(C)CC1=O)N3. The van der Waals surface area contributed by atoms with Crippen LogP contribution >= 0.6 is 23.2 Å². The van der Waals surface area contributed by atoms with Crippen molar-refractivity contribution < 1.29 is 4.79 Å². The molecule has 0 spiro atoms. The van der Waals surface area contributed by atoms with Gasteiger partial charge in [-0.3, -0.25) is 4.79 Å². The van der Waals surface area contributed by atoms with Crippen LogP contribution in [0.5, 0.6) is 0 Å². The monoisotopic (exact) mass is 488 g/mol. The number of rotatable bonds is 2. The smallest absolute Gasteiger partial charge is 0.162 e. The van der Waals surface area contributed by atoms with Crippen molar-refractivity contribution in [2.75, 3.05) is 5.32 Å². The van der Waals surface area contributed by atoms with Gasteiger partial charge in [-0.05, 0) is 60.2 Å². The van der Waals surface area contributed by atoms with E-state index in [2.05, 4.69) is 67.1 Å². The fourth-order valence-corrected chi connectivity index (χ4v) is 6.47. The Hall–Kier alpha value is -2.75. The molecule has 1 unspecified atom stereocenters. The van der Waals surface area contributed by atoms with Crippen LogP contribution in [0.4, 0.5) is 5.69 Å². The summed E-state index contributed by atoms with van der Waals surface area (Å²) in [6.07, 6.45) is 1.35. The van der Waals surface area contributed by atoms with Gasteiger partial charge in [0.15, 0.2) is 5.78 Å². The van der Waals surface area contributed by atoms with Gasteiger partial charge in [0.05, 0.1) is 0 Å². The fraction of sp³-hybridized carbons (Fsp3) is 0.276. The molecule has 2 aliphatic rings. The van der Waals surface area contributed by atoms with Crippen molar-refractivity contribution in [3.05, 3.63) is 87.0 Å². The lowest BCUT2D eigenvalue weighted by Gasteiger charge is -2.39. The minimum Gasteiger partial charge on any atom is -0.358 e. The van der Waals surface area contributed by atoms with E-state index >= 15 is 0 Å². The van der Waals surface area contributed by atoms with Crippen LogP contribution in [0.2, 0.25) is 10.0 Å². The molecule has 1 N–H and O–H groups in total. The summed E-state index contributed by atoms with van der Waals surface area (Å²) >= 11 is 13.0. The van der Waals surface area contributed by atoms with E-state index in [0.717, 1.165) is 41.1 Å². The van der Waals surface area contributed by atoms with E-state index in [1.54, 1.807) is 6.07 Å². The van der Waals surface area contributed by atoms with Crippen molar-refractivity contribution in [3.63, 3.8) is 0 Å². The molecule has 0 fully saturated rings. The minimum atomic E-state index is -0.229. The Labute approximate surface area is 209 Å². The van der Waals surface area contributed by atoms with Crippen LogP contribution in [0.3, 0.4) is 0 Å². The molecule has 6 rings (SSSR count). The highest BCUT2D eigenvalue weighted by Crippen LogP contribution is 2.51. The van der Waals surface area contributed by atoms with Gasteiger partial charge in [-0.15, -0.1) is 0 Å². The second kappa shape index (κ2) is 7.63. The zero-order chi connectivity index (χ0) is 23.8. The van der Waals surface area contributed by atoms with E-state index in [4.69, 9.17) is 23.2 Å². The van der Waals surface area contributed by atoms with E-state index in [1.165, 1.54) is 21.8 Å². The number of ketones is 1. The van der Waals surface area contributed by atoms with Crippen LogP contribution in [0.1, 0.15) is 50.7 Å². The summed E-state index contributed by atoms with van der Waals surface area (Å²) in [5.74, 6) is -0.0381. The van der Waals surface area contributed by atoms with Crippen LogP contribution in [0, 0.1) is 5.41 Å². The number of benzene rings is 3. The molecule has 0 amide bonds. The molecular formula is C29H26Cl2N2O. The van der Waals surface area contributed by atoms with Gasteiger partial charge in [-0.1, -0.05) is 61.3 Å².